The molecule has 3 aromatic heterocycles. The van der Waals surface area contributed by atoms with E-state index in [1.807, 2.05) is 36.4 Å². The average Bonchev–Trinajstić information content (AvgIpc) is 4.13. The number of hydrogen-bond acceptors (Lipinski definition) is 3. The first-order valence-electron chi connectivity index (χ1n) is 27.4. The third-order valence-corrected chi connectivity index (χ3v) is 16.1. The van der Waals surface area contributed by atoms with Gasteiger partial charge in [0.05, 0.1) is 6.61 Å². The van der Waals surface area contributed by atoms with E-state index in [1.54, 1.807) is 12.3 Å². The van der Waals surface area contributed by atoms with Crippen LogP contribution in [0.3, 0.4) is 0 Å². The van der Waals surface area contributed by atoms with Crippen LogP contribution in [0.5, 0.6) is 17.2 Å². The Morgan fingerprint density at radius 3 is 1.83 bits per heavy atom. The van der Waals surface area contributed by atoms with Crippen LogP contribution in [0.2, 0.25) is 0 Å². The van der Waals surface area contributed by atoms with E-state index in [1.165, 1.54) is 11.1 Å². The molecule has 8 aromatic carbocycles. The van der Waals surface area contributed by atoms with Crippen LogP contribution < -0.4 is 9.47 Å². The summed E-state index contributed by atoms with van der Waals surface area (Å²) >= 11 is 2.50. The molecule has 0 fully saturated rings. The first-order chi connectivity index (χ1) is 37.2. The van der Waals surface area contributed by atoms with Crippen molar-refractivity contribution in [1.82, 2.24) is 18.7 Å². The number of benzene rings is 8. The number of imidazole rings is 1. The standard InChI is InChI=1S/C68H62N4O2.Pt/c1-44-35-64(69-42-57(44)47-27-29-48(30-28-47)66(2,3)4)72-61-39-52(31-32-53(61)56-40-58-63(41-62(56)72)73-34-33-68(58,8)9)74-51-24-18-23-50(38-51)70-43-71(60-26-17-16-25-59(60)70)65-54(45-19-12-10-13-20-45)36-49(67(5,6)7)37-55(65)46-21-14-11-15-22-46;/h10-32,35-42H,33-34H2,1-9H3;/i1D3;. The summed E-state index contributed by atoms with van der Waals surface area (Å²) in [5.74, 6) is 2.60. The summed E-state index contributed by atoms with van der Waals surface area (Å²) in [5, 5.41) is 2.02. The normalized spacial score (nSPS) is 14.3. The summed E-state index contributed by atoms with van der Waals surface area (Å²) in [5.41, 5.74) is 15.4. The van der Waals surface area contributed by atoms with Crippen LogP contribution in [0.4, 0.5) is 0 Å². The number of rotatable bonds is 8. The molecule has 4 heterocycles. The van der Waals surface area contributed by atoms with Gasteiger partial charge in [0.1, 0.15) is 5.75 Å². The molecule has 0 saturated carbocycles. The minimum absolute atomic E-state index is 0.0474. The van der Waals surface area contributed by atoms with Gasteiger partial charge in [0.15, 0.2) is 0 Å². The summed E-state index contributed by atoms with van der Waals surface area (Å²) in [7, 11) is 0. The molecule has 0 radical (unpaired) electrons. The van der Waals surface area contributed by atoms with Crippen molar-refractivity contribution in [2.45, 2.75) is 84.9 Å². The van der Waals surface area contributed by atoms with Gasteiger partial charge >= 0.3 is 320 Å². The molecule has 0 saturated heterocycles. The topological polar surface area (TPSA) is 46.1 Å². The van der Waals surface area contributed by atoms with Gasteiger partial charge in [-0.3, -0.25) is 0 Å². The second kappa shape index (κ2) is 18.4. The molecule has 12 rings (SSSR count). The fourth-order valence-corrected chi connectivity index (χ4v) is 12.0. The van der Waals surface area contributed by atoms with Crippen molar-refractivity contribution in [2.75, 3.05) is 6.61 Å². The number of fused-ring (bicyclic) bond motifs is 5. The van der Waals surface area contributed by atoms with Gasteiger partial charge in [-0.15, -0.1) is 0 Å². The second-order valence-electron chi connectivity index (χ2n) is 22.7. The molecule has 1 aliphatic heterocycles. The molecule has 376 valence electrons. The first-order valence-corrected chi connectivity index (χ1v) is 27.0. The Labute approximate surface area is 455 Å². The van der Waals surface area contributed by atoms with Crippen molar-refractivity contribution < 1.29 is 32.9 Å². The van der Waals surface area contributed by atoms with Gasteiger partial charge < -0.3 is 4.74 Å². The van der Waals surface area contributed by atoms with E-state index in [4.69, 9.17) is 18.6 Å². The van der Waals surface area contributed by atoms with Crippen molar-refractivity contribution in [1.29, 1.82) is 0 Å². The van der Waals surface area contributed by atoms with Crippen molar-refractivity contribution in [3.8, 4) is 67.8 Å². The Hall–Kier alpha value is -7.53. The zero-order chi connectivity index (χ0) is 54.5. The van der Waals surface area contributed by atoms with Gasteiger partial charge in [-0.25, -0.2) is 0 Å². The van der Waals surface area contributed by atoms with E-state index in [-0.39, 0.29) is 21.8 Å². The van der Waals surface area contributed by atoms with E-state index in [0.717, 1.165) is 93.6 Å². The number of pyridine rings is 1. The predicted molar refractivity (Wildman–Crippen MR) is 306 cm³/mol. The first kappa shape index (κ1) is 44.9. The summed E-state index contributed by atoms with van der Waals surface area (Å²) in [4.78, 5) is 5.09. The van der Waals surface area contributed by atoms with Gasteiger partial charge in [0, 0.05) is 21.4 Å². The number of hydrogen-bond donors (Lipinski definition) is 0. The molecule has 0 atom stereocenters. The SMILES string of the molecule is [2H]C([2H])([2H])c1cc(-n2c3cc(Oc4cccc(-n5[c](=[Pt])n(-c6c(-c7ccccc7)cc(C(C)(C)C)cc6-c6ccccc6)c6ccccc65)c4)ccc3c3cc4c(cc32)OCCC4(C)C)ncc1-c1ccc(C(C)(C)C)cc1. The fraction of sp³-hybridized carbons (Fsp3) is 0.206. The molecule has 6 nitrogen and oxygen atoms in total. The summed E-state index contributed by atoms with van der Waals surface area (Å²) < 4.78 is 47.6. The molecule has 1 aliphatic rings. The Bertz CT molecular complexity index is 4130. The zero-order valence-corrected chi connectivity index (χ0v) is 46.0. The summed E-state index contributed by atoms with van der Waals surface area (Å²) in [6, 6.07) is 63.5. The molecule has 0 unspecified atom stereocenters. The van der Waals surface area contributed by atoms with Crippen LogP contribution in [0.15, 0.2) is 188 Å². The van der Waals surface area contributed by atoms with Crippen LogP contribution >= 0.6 is 0 Å². The van der Waals surface area contributed by atoms with E-state index < -0.39 is 6.85 Å². The average molecular weight is 1170 g/mol. The molecule has 0 amide bonds. The number of ether oxygens (including phenoxy) is 2. The smallest absolute Gasteiger partial charge is 0.493 e. The second-order valence-corrected chi connectivity index (χ2v) is 23.7. The van der Waals surface area contributed by atoms with Gasteiger partial charge in [0.25, 0.3) is 0 Å². The van der Waals surface area contributed by atoms with E-state index in [0.29, 0.717) is 29.5 Å². The Morgan fingerprint density at radius 1 is 0.560 bits per heavy atom. The molecule has 0 bridgehead atoms. The van der Waals surface area contributed by atoms with Crippen LogP contribution in [0.1, 0.15) is 88.2 Å². The van der Waals surface area contributed by atoms with Crippen LogP contribution in [0.25, 0.3) is 83.4 Å². The van der Waals surface area contributed by atoms with Crippen molar-refractivity contribution >= 4 is 32.8 Å². The minimum atomic E-state index is -2.42. The maximum atomic E-state index is 8.83. The van der Waals surface area contributed by atoms with Crippen LogP contribution in [0, 0.1) is 10.7 Å². The maximum absolute atomic E-state index is 8.83. The number of aromatic nitrogens is 4. The minimum Gasteiger partial charge on any atom is -0.493 e. The Balaban J connectivity index is 1.00. The monoisotopic (exact) mass is 1160 g/mol. The fourth-order valence-electron chi connectivity index (χ4n) is 10.9. The van der Waals surface area contributed by atoms with Gasteiger partial charge in [-0.05, 0) is 40.8 Å². The molecule has 0 N–H and O–H groups in total. The zero-order valence-electron chi connectivity index (χ0n) is 46.7. The van der Waals surface area contributed by atoms with Gasteiger partial charge in [0.2, 0.25) is 0 Å². The summed E-state index contributed by atoms with van der Waals surface area (Å²) in [6.45, 7) is 16.1. The van der Waals surface area contributed by atoms with Crippen molar-refractivity contribution in [2.24, 2.45) is 0 Å². The molecule has 75 heavy (non-hydrogen) atoms. The molecular weight excluding hydrogens is 1100 g/mol. The van der Waals surface area contributed by atoms with Crippen molar-refractivity contribution in [3.05, 3.63) is 214 Å². The van der Waals surface area contributed by atoms with E-state index in [2.05, 4.69) is 228 Å². The molecule has 11 aromatic rings. The summed E-state index contributed by atoms with van der Waals surface area (Å²) in [6.07, 6.45) is 2.61. The number of para-hydroxylation sites is 2. The Morgan fingerprint density at radius 2 is 1.17 bits per heavy atom. The molecule has 7 heteroatoms. The molecular formula is C68H62N4O2Pt. The number of nitrogens with zero attached hydrogens (tertiary/aromatic N) is 4. The van der Waals surface area contributed by atoms with Crippen LogP contribution in [-0.4, -0.2) is 25.3 Å². The number of aryl methyl sites for hydroxylation is 1. The Kier molecular flexibility index (Phi) is 11.0. The quantitative estimate of drug-likeness (QED) is 0.152. The third kappa shape index (κ3) is 8.67. The van der Waals surface area contributed by atoms with E-state index in [9.17, 15) is 0 Å². The molecule has 0 aliphatic carbocycles. The third-order valence-electron chi connectivity index (χ3n) is 15.1. The van der Waals surface area contributed by atoms with Crippen molar-refractivity contribution in [3.63, 3.8) is 0 Å². The predicted octanol–water partition coefficient (Wildman–Crippen LogP) is 17.7. The van der Waals surface area contributed by atoms with Crippen LogP contribution in [-0.2, 0) is 35.6 Å². The van der Waals surface area contributed by atoms with Gasteiger partial charge in [-0.2, -0.15) is 0 Å². The van der Waals surface area contributed by atoms with Gasteiger partial charge in [-0.1, -0.05) is 58.9 Å². The molecule has 0 spiro atoms. The van der Waals surface area contributed by atoms with E-state index >= 15 is 0 Å².